The van der Waals surface area contributed by atoms with Gasteiger partial charge in [-0.1, -0.05) is 12.1 Å². The molecule has 34 heavy (non-hydrogen) atoms. The maximum atomic E-state index is 13.8. The molecule has 0 spiro atoms. The second-order valence-corrected chi connectivity index (χ2v) is 8.28. The van der Waals surface area contributed by atoms with Crippen molar-refractivity contribution >= 4 is 0 Å². The molecule has 3 unspecified atom stereocenters. The lowest BCUT2D eigenvalue weighted by Crippen LogP contribution is -2.56. The van der Waals surface area contributed by atoms with Crippen molar-refractivity contribution in [1.29, 1.82) is 0 Å². The van der Waals surface area contributed by atoms with Crippen LogP contribution in [0.1, 0.15) is 43.7 Å². The van der Waals surface area contributed by atoms with Crippen LogP contribution in [-0.2, 0) is 22.3 Å². The average molecular weight is 515 g/mol. The van der Waals surface area contributed by atoms with Crippen molar-refractivity contribution in [3.8, 4) is 0 Å². The lowest BCUT2D eigenvalue weighted by molar-refractivity contribution is -0.408. The number of alkyl halides is 10. The molecular formula is C20H23F10NO3. The third-order valence-electron chi connectivity index (χ3n) is 5.39. The summed E-state index contributed by atoms with van der Waals surface area (Å²) in [4.78, 5) is 0. The van der Waals surface area contributed by atoms with Crippen LogP contribution in [0.25, 0.3) is 0 Å². The predicted molar refractivity (Wildman–Crippen MR) is 97.6 cm³/mol. The zero-order chi connectivity index (χ0) is 26.0. The van der Waals surface area contributed by atoms with Crippen LogP contribution in [0.5, 0.6) is 0 Å². The van der Waals surface area contributed by atoms with E-state index in [1.165, 1.54) is 6.07 Å². The summed E-state index contributed by atoms with van der Waals surface area (Å²) in [6, 6.07) is 3.67. The smallest absolute Gasteiger partial charge is 0.368 e. The summed E-state index contributed by atoms with van der Waals surface area (Å²) >= 11 is 0. The molecule has 2 rings (SSSR count). The summed E-state index contributed by atoms with van der Waals surface area (Å²) in [5.74, 6) is -3.29. The summed E-state index contributed by atoms with van der Waals surface area (Å²) in [6.45, 7) is -0.830. The number of halogens is 10. The number of ether oxygens (including phenoxy) is 2. The largest absolute Gasteiger partial charge is 0.430 e. The molecule has 0 saturated heterocycles. The third kappa shape index (κ3) is 7.43. The van der Waals surface area contributed by atoms with Gasteiger partial charge in [-0.2, -0.15) is 35.1 Å². The highest BCUT2D eigenvalue weighted by Gasteiger charge is 2.53. The van der Waals surface area contributed by atoms with Crippen LogP contribution in [0.3, 0.4) is 0 Å². The van der Waals surface area contributed by atoms with Crippen LogP contribution in [-0.4, -0.2) is 41.9 Å². The predicted octanol–water partition coefficient (Wildman–Crippen LogP) is 5.84. The number of hydrogen-bond acceptors (Lipinski definition) is 4. The van der Waals surface area contributed by atoms with Crippen molar-refractivity contribution in [3.63, 3.8) is 0 Å². The molecule has 1 aliphatic carbocycles. The van der Waals surface area contributed by atoms with E-state index in [2.05, 4.69) is 4.74 Å². The minimum Gasteiger partial charge on any atom is -0.368 e. The Labute approximate surface area is 188 Å². The summed E-state index contributed by atoms with van der Waals surface area (Å²) in [5.41, 5.74) is -4.47. The van der Waals surface area contributed by atoms with Gasteiger partial charge in [-0.25, -0.2) is 8.78 Å². The Morgan fingerprint density at radius 2 is 1.76 bits per heavy atom. The van der Waals surface area contributed by atoms with Crippen molar-refractivity contribution in [2.75, 3.05) is 6.54 Å². The minimum atomic E-state index is -5.06. The van der Waals surface area contributed by atoms with Crippen LogP contribution in [0.2, 0.25) is 0 Å². The number of benzene rings is 1. The lowest BCUT2D eigenvalue weighted by atomic mass is 9.84. The van der Waals surface area contributed by atoms with Gasteiger partial charge in [-0.3, -0.25) is 10.1 Å². The average Bonchev–Trinajstić information content (AvgIpc) is 2.69. The quantitative estimate of drug-likeness (QED) is 0.321. The van der Waals surface area contributed by atoms with Gasteiger partial charge in [0.15, 0.2) is 5.79 Å². The van der Waals surface area contributed by atoms with E-state index in [0.29, 0.717) is 13.0 Å². The zero-order valence-electron chi connectivity index (χ0n) is 17.8. The molecular weight excluding hydrogens is 492 g/mol. The Balaban J connectivity index is 2.22. The first-order chi connectivity index (χ1) is 15.4. The van der Waals surface area contributed by atoms with Crippen LogP contribution < -0.4 is 5.32 Å². The molecule has 0 bridgehead atoms. The SMILES string of the molecule is CC(O)(NCC1CCCC(OCc2cccc(C(F)(F)F)c2)(OC(F)(F)C(F)F)C1)C(F)(F)F. The third-order valence-corrected chi connectivity index (χ3v) is 5.39. The van der Waals surface area contributed by atoms with Gasteiger partial charge in [0.1, 0.15) is 0 Å². The summed E-state index contributed by atoms with van der Waals surface area (Å²) < 4.78 is 140. The lowest BCUT2D eigenvalue weighted by Gasteiger charge is -2.42. The molecule has 1 aliphatic rings. The van der Waals surface area contributed by atoms with Crippen LogP contribution in [0.4, 0.5) is 43.9 Å². The van der Waals surface area contributed by atoms with E-state index < -0.39 is 67.5 Å². The van der Waals surface area contributed by atoms with E-state index in [-0.39, 0.29) is 24.8 Å². The topological polar surface area (TPSA) is 50.7 Å². The molecule has 14 heteroatoms. The Bertz CT molecular complexity index is 813. The van der Waals surface area contributed by atoms with E-state index in [4.69, 9.17) is 4.74 Å². The highest BCUT2D eigenvalue weighted by molar-refractivity contribution is 5.25. The van der Waals surface area contributed by atoms with Gasteiger partial charge in [0.2, 0.25) is 5.72 Å². The molecule has 1 fully saturated rings. The highest BCUT2D eigenvalue weighted by Crippen LogP contribution is 2.42. The van der Waals surface area contributed by atoms with E-state index in [9.17, 15) is 49.0 Å². The zero-order valence-corrected chi connectivity index (χ0v) is 17.8. The molecule has 0 radical (unpaired) electrons. The van der Waals surface area contributed by atoms with Crippen LogP contribution >= 0.6 is 0 Å². The van der Waals surface area contributed by atoms with Crippen LogP contribution in [0, 0.1) is 5.92 Å². The Kier molecular flexibility index (Phi) is 8.54. The van der Waals surface area contributed by atoms with Crippen LogP contribution in [0.15, 0.2) is 24.3 Å². The monoisotopic (exact) mass is 515 g/mol. The fourth-order valence-electron chi connectivity index (χ4n) is 3.52. The normalized spacial score (nSPS) is 24.3. The van der Waals surface area contributed by atoms with E-state index in [1.807, 2.05) is 5.32 Å². The van der Waals surface area contributed by atoms with E-state index >= 15 is 0 Å². The molecule has 196 valence electrons. The minimum absolute atomic E-state index is 0.0163. The molecule has 2 N–H and O–H groups in total. The second-order valence-electron chi connectivity index (χ2n) is 8.28. The standard InChI is InChI=1S/C20H23F10NO3/c1-16(32,20(28,29)30)31-10-13-5-3-7-17(9-13,34-19(26,27)15(21)22)33-11-12-4-2-6-14(8-12)18(23,24)25/h2,4,6,8,13,15,31-32H,3,5,7,9-11H2,1H3. The van der Waals surface area contributed by atoms with Crippen molar-refractivity contribution in [3.05, 3.63) is 35.4 Å². The Hall–Kier alpha value is -1.64. The molecule has 4 nitrogen and oxygen atoms in total. The fraction of sp³-hybridized carbons (Fsp3) is 0.700. The molecule has 0 heterocycles. The van der Waals surface area contributed by atoms with Gasteiger partial charge in [-0.05, 0) is 43.4 Å². The summed E-state index contributed by atoms with van der Waals surface area (Å²) in [5, 5.41) is 11.4. The van der Waals surface area contributed by atoms with E-state index in [0.717, 1.165) is 12.1 Å². The molecule has 0 amide bonds. The number of hydrogen-bond donors (Lipinski definition) is 2. The van der Waals surface area contributed by atoms with Gasteiger partial charge < -0.3 is 9.84 Å². The van der Waals surface area contributed by atoms with Crippen molar-refractivity contribution in [2.24, 2.45) is 5.92 Å². The fourth-order valence-corrected chi connectivity index (χ4v) is 3.52. The highest BCUT2D eigenvalue weighted by atomic mass is 19.4. The molecule has 1 saturated carbocycles. The number of nitrogens with one attached hydrogen (secondary N) is 1. The molecule has 0 aromatic heterocycles. The molecule has 1 aromatic rings. The summed E-state index contributed by atoms with van der Waals surface area (Å²) in [6.07, 6.45) is -19.8. The second kappa shape index (κ2) is 10.2. The molecule has 0 aliphatic heterocycles. The van der Waals surface area contributed by atoms with E-state index in [1.54, 1.807) is 0 Å². The maximum Gasteiger partial charge on any atom is 0.430 e. The molecule has 3 atom stereocenters. The van der Waals surface area contributed by atoms with Crippen molar-refractivity contribution < 1.29 is 58.5 Å². The molecule has 1 aromatic carbocycles. The van der Waals surface area contributed by atoms with Gasteiger partial charge >= 0.3 is 24.9 Å². The van der Waals surface area contributed by atoms with Gasteiger partial charge in [0.05, 0.1) is 12.2 Å². The van der Waals surface area contributed by atoms with Gasteiger partial charge in [-0.15, -0.1) is 0 Å². The van der Waals surface area contributed by atoms with Crippen molar-refractivity contribution in [2.45, 2.75) is 75.6 Å². The first kappa shape index (κ1) is 28.6. The summed E-state index contributed by atoms with van der Waals surface area (Å²) in [7, 11) is 0. The van der Waals surface area contributed by atoms with Crippen molar-refractivity contribution in [1.82, 2.24) is 5.32 Å². The Morgan fingerprint density at radius 3 is 2.32 bits per heavy atom. The number of aliphatic hydroxyl groups is 1. The van der Waals surface area contributed by atoms with Gasteiger partial charge in [0, 0.05) is 19.4 Å². The van der Waals surface area contributed by atoms with Gasteiger partial charge in [0.25, 0.3) is 0 Å². The Morgan fingerprint density at radius 1 is 1.12 bits per heavy atom. The first-order valence-electron chi connectivity index (χ1n) is 10.1. The maximum absolute atomic E-state index is 13.8. The first-order valence-corrected chi connectivity index (χ1v) is 10.1. The number of rotatable bonds is 9.